The summed E-state index contributed by atoms with van der Waals surface area (Å²) in [6.45, 7) is 3.91. The number of aryl methyl sites for hydroxylation is 1. The number of halogens is 3. The Morgan fingerprint density at radius 2 is 2.03 bits per heavy atom. The van der Waals surface area contributed by atoms with E-state index in [-0.39, 0.29) is 36.6 Å². The zero-order valence-electron chi connectivity index (χ0n) is 17.0. The van der Waals surface area contributed by atoms with E-state index in [0.717, 1.165) is 62.1 Å². The number of phenolic OH excluding ortho intramolecular Hbond substituents is 1. The summed E-state index contributed by atoms with van der Waals surface area (Å²) < 4.78 is 14.0. The quantitative estimate of drug-likeness (QED) is 0.487. The highest BCUT2D eigenvalue weighted by molar-refractivity contribution is 5.85. The fourth-order valence-electron chi connectivity index (χ4n) is 5.31. The van der Waals surface area contributed by atoms with Crippen LogP contribution in [0.5, 0.6) is 5.75 Å². The first-order valence-corrected chi connectivity index (χ1v) is 10.4. The number of phenols is 1. The lowest BCUT2D eigenvalue weighted by Gasteiger charge is -2.33. The Labute approximate surface area is 188 Å². The van der Waals surface area contributed by atoms with Crippen LogP contribution in [0.15, 0.2) is 12.1 Å². The zero-order valence-corrected chi connectivity index (χ0v) is 18.6. The summed E-state index contributed by atoms with van der Waals surface area (Å²) in [5.74, 6) is 1.07. The van der Waals surface area contributed by atoms with Crippen molar-refractivity contribution in [3.8, 4) is 5.75 Å². The molecule has 166 valence electrons. The summed E-state index contributed by atoms with van der Waals surface area (Å²) in [5, 5.41) is 13.1. The Morgan fingerprint density at radius 3 is 2.80 bits per heavy atom. The second-order valence-electron chi connectivity index (χ2n) is 8.38. The van der Waals surface area contributed by atoms with Crippen LogP contribution in [-0.2, 0) is 19.4 Å². The van der Waals surface area contributed by atoms with Gasteiger partial charge in [-0.2, -0.15) is 0 Å². The third-order valence-corrected chi connectivity index (χ3v) is 6.80. The molecule has 2 fully saturated rings. The number of nitrogens with zero attached hydrogens (tertiary/aromatic N) is 1. The number of aromatic amines is 1. The number of hydrogen-bond acceptors (Lipinski definition) is 5. The number of fused-ring (bicyclic) bond motifs is 2. The Morgan fingerprint density at radius 1 is 1.20 bits per heavy atom. The van der Waals surface area contributed by atoms with Crippen molar-refractivity contribution >= 4 is 24.8 Å². The molecule has 5 rings (SSSR count). The van der Waals surface area contributed by atoms with Gasteiger partial charge in [0.15, 0.2) is 11.6 Å². The summed E-state index contributed by atoms with van der Waals surface area (Å²) in [7, 11) is 0. The first-order chi connectivity index (χ1) is 13.6. The lowest BCUT2D eigenvalue weighted by molar-refractivity contribution is 0.276. The van der Waals surface area contributed by atoms with Crippen LogP contribution in [-0.4, -0.2) is 27.7 Å². The molecule has 5 N–H and O–H groups in total. The van der Waals surface area contributed by atoms with Crippen molar-refractivity contribution < 1.29 is 9.50 Å². The lowest BCUT2D eigenvalue weighted by atomic mass is 9.73. The number of H-pyrrole nitrogens is 1. The van der Waals surface area contributed by atoms with Gasteiger partial charge >= 0.3 is 0 Å². The second-order valence-corrected chi connectivity index (χ2v) is 8.38. The molecule has 1 saturated carbocycles. The molecule has 1 aromatic carbocycles. The zero-order chi connectivity index (χ0) is 19.3. The van der Waals surface area contributed by atoms with E-state index in [0.29, 0.717) is 17.9 Å². The standard InChI is InChI=1S/C21H28FN5O.2ClH/c1-2-11-8-19(28)15(22)9-14(11)12-3-4-13-17(7-12)26-27-20(13)21-24-16-5-6-23-10-18(16)25-21;;/h8-9,12-13,17,20,23,26-28H,2-7,10H2,1H3,(H,24,25);2*1H. The largest absolute Gasteiger partial charge is 0.505 e. The van der Waals surface area contributed by atoms with Crippen LogP contribution < -0.4 is 16.2 Å². The number of hydrazine groups is 1. The van der Waals surface area contributed by atoms with Crippen LogP contribution in [0, 0.1) is 11.7 Å². The van der Waals surface area contributed by atoms with E-state index >= 15 is 0 Å². The van der Waals surface area contributed by atoms with Crippen LogP contribution in [0.1, 0.15) is 66.5 Å². The smallest absolute Gasteiger partial charge is 0.165 e. The minimum Gasteiger partial charge on any atom is -0.505 e. The highest BCUT2D eigenvalue weighted by Crippen LogP contribution is 2.44. The van der Waals surface area contributed by atoms with Gasteiger partial charge in [0.05, 0.1) is 17.4 Å². The molecule has 0 spiro atoms. The van der Waals surface area contributed by atoms with Crippen molar-refractivity contribution in [2.24, 2.45) is 5.92 Å². The molecule has 6 nitrogen and oxygen atoms in total. The fraction of sp³-hybridized carbons (Fsp3) is 0.571. The van der Waals surface area contributed by atoms with Crippen LogP contribution in [0.2, 0.25) is 0 Å². The first-order valence-electron chi connectivity index (χ1n) is 10.4. The lowest BCUT2D eigenvalue weighted by Crippen LogP contribution is -2.35. The number of imidazole rings is 1. The normalized spacial score (nSPS) is 27.5. The predicted octanol–water partition coefficient (Wildman–Crippen LogP) is 3.41. The molecule has 30 heavy (non-hydrogen) atoms. The minimum absolute atomic E-state index is 0. The molecular weight excluding hydrogens is 428 g/mol. The van der Waals surface area contributed by atoms with Gasteiger partial charge in [0.2, 0.25) is 0 Å². The number of benzene rings is 1. The van der Waals surface area contributed by atoms with Crippen molar-refractivity contribution in [3.63, 3.8) is 0 Å². The minimum atomic E-state index is -0.514. The fourth-order valence-corrected chi connectivity index (χ4v) is 5.31. The molecule has 1 saturated heterocycles. The van der Waals surface area contributed by atoms with Crippen LogP contribution in [0.4, 0.5) is 4.39 Å². The molecular formula is C21H30Cl2FN5O. The molecule has 2 aliphatic heterocycles. The Kier molecular flexibility index (Phi) is 7.30. The number of aromatic nitrogens is 2. The van der Waals surface area contributed by atoms with Gasteiger partial charge in [-0.15, -0.1) is 24.8 Å². The van der Waals surface area contributed by atoms with Gasteiger partial charge in [-0.05, 0) is 60.8 Å². The first kappa shape index (κ1) is 23.3. The van der Waals surface area contributed by atoms with E-state index in [1.54, 1.807) is 12.1 Å². The molecule has 0 amide bonds. The molecule has 0 radical (unpaired) electrons. The number of hydrogen-bond donors (Lipinski definition) is 5. The van der Waals surface area contributed by atoms with Crippen LogP contribution >= 0.6 is 24.8 Å². The van der Waals surface area contributed by atoms with Crippen LogP contribution in [0.25, 0.3) is 0 Å². The predicted molar refractivity (Wildman–Crippen MR) is 119 cm³/mol. The number of aromatic hydroxyl groups is 1. The molecule has 9 heteroatoms. The van der Waals surface area contributed by atoms with E-state index in [9.17, 15) is 9.50 Å². The van der Waals surface area contributed by atoms with Crippen molar-refractivity contribution in [2.75, 3.05) is 6.54 Å². The van der Waals surface area contributed by atoms with E-state index in [2.05, 4.69) is 28.1 Å². The Balaban J connectivity index is 0.00000128. The Hall–Kier alpha value is -1.38. The highest BCUT2D eigenvalue weighted by Gasteiger charge is 2.43. The summed E-state index contributed by atoms with van der Waals surface area (Å²) in [6.07, 6.45) is 4.84. The van der Waals surface area contributed by atoms with E-state index < -0.39 is 5.82 Å². The highest BCUT2D eigenvalue weighted by atomic mass is 35.5. The van der Waals surface area contributed by atoms with Gasteiger partial charge in [0.25, 0.3) is 0 Å². The molecule has 4 unspecified atom stereocenters. The van der Waals surface area contributed by atoms with Gasteiger partial charge in [-0.25, -0.2) is 14.8 Å². The molecule has 1 aromatic heterocycles. The summed E-state index contributed by atoms with van der Waals surface area (Å²) >= 11 is 0. The summed E-state index contributed by atoms with van der Waals surface area (Å²) in [6, 6.07) is 3.68. The third-order valence-electron chi connectivity index (χ3n) is 6.80. The van der Waals surface area contributed by atoms with Gasteiger partial charge < -0.3 is 15.4 Å². The van der Waals surface area contributed by atoms with Crippen molar-refractivity contribution in [3.05, 3.63) is 46.3 Å². The van der Waals surface area contributed by atoms with E-state index in [4.69, 9.17) is 4.98 Å². The number of nitrogens with one attached hydrogen (secondary N) is 4. The van der Waals surface area contributed by atoms with Gasteiger partial charge in [0, 0.05) is 25.6 Å². The van der Waals surface area contributed by atoms with Gasteiger partial charge in [-0.1, -0.05) is 6.92 Å². The molecule has 0 bridgehead atoms. The van der Waals surface area contributed by atoms with Crippen molar-refractivity contribution in [2.45, 2.75) is 63.6 Å². The maximum Gasteiger partial charge on any atom is 0.165 e. The monoisotopic (exact) mass is 457 g/mol. The average Bonchev–Trinajstić information content (AvgIpc) is 3.32. The van der Waals surface area contributed by atoms with Crippen LogP contribution in [0.3, 0.4) is 0 Å². The number of rotatable bonds is 3. The molecule has 2 aromatic rings. The topological polar surface area (TPSA) is 85.0 Å². The molecule has 1 aliphatic carbocycles. The van der Waals surface area contributed by atoms with E-state index in [1.165, 1.54) is 11.4 Å². The van der Waals surface area contributed by atoms with Crippen molar-refractivity contribution in [1.29, 1.82) is 0 Å². The summed E-state index contributed by atoms with van der Waals surface area (Å²) in [4.78, 5) is 8.40. The molecule has 3 aliphatic rings. The summed E-state index contributed by atoms with van der Waals surface area (Å²) in [5.41, 5.74) is 11.5. The SMILES string of the molecule is CCc1cc(O)c(F)cc1C1CCC2C(C1)NNC2c1nc2c([nH]1)CNCC2.Cl.Cl. The maximum absolute atomic E-state index is 14.0. The Bertz CT molecular complexity index is 869. The van der Waals surface area contributed by atoms with Gasteiger partial charge in [0.1, 0.15) is 5.82 Å². The van der Waals surface area contributed by atoms with Gasteiger partial charge in [-0.3, -0.25) is 5.43 Å². The molecule has 4 atom stereocenters. The van der Waals surface area contributed by atoms with Crippen molar-refractivity contribution in [1.82, 2.24) is 26.1 Å². The average molecular weight is 458 g/mol. The second kappa shape index (κ2) is 9.40. The molecule has 3 heterocycles. The maximum atomic E-state index is 14.0. The van der Waals surface area contributed by atoms with E-state index in [1.807, 2.05) is 0 Å². The third kappa shape index (κ3) is 4.06.